The molecule has 4 unspecified atom stereocenters. The third kappa shape index (κ3) is 8.33. The van der Waals surface area contributed by atoms with Crippen LogP contribution in [-0.4, -0.2) is 64.0 Å². The number of hydrogen-bond acceptors (Lipinski definition) is 6. The van der Waals surface area contributed by atoms with Crippen molar-refractivity contribution in [2.45, 2.75) is 65.2 Å². The molecule has 0 rings (SSSR count). The summed E-state index contributed by atoms with van der Waals surface area (Å²) in [6, 6.07) is -4.68. The monoisotopic (exact) mass is 402 g/mol. The summed E-state index contributed by atoms with van der Waals surface area (Å²) < 4.78 is 0. The normalized spacial score (nSPS) is 15.3. The van der Waals surface area contributed by atoms with Crippen LogP contribution in [0, 0.1) is 11.8 Å². The van der Waals surface area contributed by atoms with Gasteiger partial charge in [-0.15, -0.1) is 0 Å². The molecule has 28 heavy (non-hydrogen) atoms. The van der Waals surface area contributed by atoms with E-state index in [0.29, 0.717) is 0 Å². The summed E-state index contributed by atoms with van der Waals surface area (Å²) in [5.74, 6) is -5.52. The Hall–Kier alpha value is -2.69. The number of carbonyl (C=O) groups is 5. The van der Waals surface area contributed by atoms with Gasteiger partial charge in [0, 0.05) is 0 Å². The Bertz CT molecular complexity index is 606. The van der Waals surface area contributed by atoms with Crippen molar-refractivity contribution in [1.82, 2.24) is 16.0 Å². The second-order valence-electron chi connectivity index (χ2n) is 7.23. The molecule has 0 aromatic heterocycles. The number of carboxylic acids is 2. The SMILES string of the molecule is CC(NC(=O)C(CC(=O)O)NC(=O)C(NC(=O)C(N)C(C)C)C(C)C)C(=O)O. The lowest BCUT2D eigenvalue weighted by Gasteiger charge is -2.26. The minimum atomic E-state index is -1.51. The Morgan fingerprint density at radius 1 is 0.786 bits per heavy atom. The summed E-state index contributed by atoms with van der Waals surface area (Å²) in [6.07, 6.45) is -0.756. The van der Waals surface area contributed by atoms with Gasteiger partial charge in [0.15, 0.2) is 0 Å². The van der Waals surface area contributed by atoms with Gasteiger partial charge in [-0.3, -0.25) is 24.0 Å². The van der Waals surface area contributed by atoms with E-state index in [2.05, 4.69) is 16.0 Å². The highest BCUT2D eigenvalue weighted by Gasteiger charge is 2.32. The number of nitrogens with two attached hydrogens (primary N) is 1. The molecule has 0 bridgehead atoms. The quantitative estimate of drug-likeness (QED) is 0.245. The molecule has 160 valence electrons. The van der Waals surface area contributed by atoms with Crippen molar-refractivity contribution in [3.05, 3.63) is 0 Å². The summed E-state index contributed by atoms with van der Waals surface area (Å²) in [5, 5.41) is 24.7. The van der Waals surface area contributed by atoms with Crippen LogP contribution in [0.15, 0.2) is 0 Å². The van der Waals surface area contributed by atoms with Gasteiger partial charge >= 0.3 is 11.9 Å². The Kier molecular flexibility index (Phi) is 10.1. The standard InChI is InChI=1S/C17H30N4O7/c1-7(2)12(18)15(25)21-13(8(3)4)16(26)20-10(6-11(22)23)14(24)19-9(5)17(27)28/h7-10,12-13H,6,18H2,1-5H3,(H,19,24)(H,20,26)(H,21,25)(H,22,23)(H,27,28). The molecule has 11 heteroatoms. The van der Waals surface area contributed by atoms with E-state index >= 15 is 0 Å². The highest BCUT2D eigenvalue weighted by Crippen LogP contribution is 2.06. The summed E-state index contributed by atoms with van der Waals surface area (Å²) in [7, 11) is 0. The lowest BCUT2D eigenvalue weighted by atomic mass is 10.00. The van der Waals surface area contributed by atoms with Crippen molar-refractivity contribution in [1.29, 1.82) is 0 Å². The molecule has 3 amide bonds. The summed E-state index contributed by atoms with van der Waals surface area (Å²) in [6.45, 7) is 8.00. The average molecular weight is 402 g/mol. The van der Waals surface area contributed by atoms with Crippen molar-refractivity contribution in [3.63, 3.8) is 0 Å². The highest BCUT2D eigenvalue weighted by molar-refractivity contribution is 5.95. The smallest absolute Gasteiger partial charge is 0.325 e. The van der Waals surface area contributed by atoms with Crippen LogP contribution in [0.4, 0.5) is 0 Å². The molecule has 0 aliphatic rings. The molecular weight excluding hydrogens is 372 g/mol. The Balaban J connectivity index is 5.32. The first-order valence-corrected chi connectivity index (χ1v) is 8.89. The minimum Gasteiger partial charge on any atom is -0.481 e. The van der Waals surface area contributed by atoms with E-state index in [1.807, 2.05) is 0 Å². The third-order valence-electron chi connectivity index (χ3n) is 4.01. The number of amides is 3. The summed E-state index contributed by atoms with van der Waals surface area (Å²) >= 11 is 0. The van der Waals surface area contributed by atoms with E-state index in [1.54, 1.807) is 27.7 Å². The van der Waals surface area contributed by atoms with Crippen LogP contribution in [0.2, 0.25) is 0 Å². The van der Waals surface area contributed by atoms with Crippen LogP contribution in [-0.2, 0) is 24.0 Å². The van der Waals surface area contributed by atoms with Crippen LogP contribution in [0.1, 0.15) is 41.0 Å². The molecule has 0 fully saturated rings. The van der Waals surface area contributed by atoms with E-state index in [-0.39, 0.29) is 11.8 Å². The Morgan fingerprint density at radius 3 is 1.71 bits per heavy atom. The fraction of sp³-hybridized carbons (Fsp3) is 0.706. The van der Waals surface area contributed by atoms with Gasteiger partial charge in [-0.2, -0.15) is 0 Å². The molecule has 0 heterocycles. The maximum absolute atomic E-state index is 12.6. The third-order valence-corrected chi connectivity index (χ3v) is 4.01. The zero-order chi connectivity index (χ0) is 22.2. The van der Waals surface area contributed by atoms with Gasteiger partial charge in [-0.1, -0.05) is 27.7 Å². The van der Waals surface area contributed by atoms with Crippen molar-refractivity contribution < 1.29 is 34.2 Å². The zero-order valence-electron chi connectivity index (χ0n) is 16.7. The first-order chi connectivity index (χ1) is 12.8. The number of carboxylic acid groups (broad SMARTS) is 2. The highest BCUT2D eigenvalue weighted by atomic mass is 16.4. The van der Waals surface area contributed by atoms with Gasteiger partial charge in [-0.05, 0) is 18.8 Å². The first kappa shape index (κ1) is 25.3. The van der Waals surface area contributed by atoms with Crippen molar-refractivity contribution >= 4 is 29.7 Å². The number of nitrogens with one attached hydrogen (secondary N) is 3. The molecule has 0 spiro atoms. The van der Waals surface area contributed by atoms with Crippen LogP contribution in [0.3, 0.4) is 0 Å². The zero-order valence-corrected chi connectivity index (χ0v) is 16.7. The average Bonchev–Trinajstić information content (AvgIpc) is 2.56. The van der Waals surface area contributed by atoms with Crippen LogP contribution in [0.25, 0.3) is 0 Å². The molecule has 0 aromatic carbocycles. The van der Waals surface area contributed by atoms with E-state index in [0.717, 1.165) is 0 Å². The molecular formula is C17H30N4O7. The molecule has 4 atom stereocenters. The lowest BCUT2D eigenvalue weighted by molar-refractivity contribution is -0.143. The maximum Gasteiger partial charge on any atom is 0.325 e. The summed E-state index contributed by atoms with van der Waals surface area (Å²) in [5.41, 5.74) is 5.77. The van der Waals surface area contributed by atoms with E-state index < -0.39 is 60.2 Å². The molecule has 0 aliphatic heterocycles. The van der Waals surface area contributed by atoms with E-state index in [4.69, 9.17) is 15.9 Å². The van der Waals surface area contributed by atoms with Crippen LogP contribution in [0.5, 0.6) is 0 Å². The minimum absolute atomic E-state index is 0.168. The molecule has 0 saturated heterocycles. The van der Waals surface area contributed by atoms with Gasteiger partial charge in [0.25, 0.3) is 0 Å². The van der Waals surface area contributed by atoms with Crippen LogP contribution < -0.4 is 21.7 Å². The van der Waals surface area contributed by atoms with Crippen molar-refractivity contribution in [3.8, 4) is 0 Å². The van der Waals surface area contributed by atoms with E-state index in [1.165, 1.54) is 6.92 Å². The topological polar surface area (TPSA) is 188 Å². The number of hydrogen-bond donors (Lipinski definition) is 6. The van der Waals surface area contributed by atoms with Gasteiger partial charge in [0.05, 0.1) is 12.5 Å². The molecule has 11 nitrogen and oxygen atoms in total. The van der Waals surface area contributed by atoms with Gasteiger partial charge in [0.1, 0.15) is 18.1 Å². The largest absolute Gasteiger partial charge is 0.481 e. The molecule has 7 N–H and O–H groups in total. The second-order valence-corrected chi connectivity index (χ2v) is 7.23. The second kappa shape index (κ2) is 11.2. The van der Waals surface area contributed by atoms with Gasteiger partial charge in [-0.25, -0.2) is 0 Å². The predicted octanol–water partition coefficient (Wildman–Crippen LogP) is -1.34. The summed E-state index contributed by atoms with van der Waals surface area (Å²) in [4.78, 5) is 58.8. The van der Waals surface area contributed by atoms with Gasteiger partial charge < -0.3 is 31.9 Å². The fourth-order valence-electron chi connectivity index (χ4n) is 2.11. The van der Waals surface area contributed by atoms with Gasteiger partial charge in [0.2, 0.25) is 17.7 Å². The lowest BCUT2D eigenvalue weighted by Crippen LogP contribution is -2.59. The maximum atomic E-state index is 12.6. The number of carbonyl (C=O) groups excluding carboxylic acids is 3. The number of aliphatic carboxylic acids is 2. The van der Waals surface area contributed by atoms with E-state index in [9.17, 15) is 24.0 Å². The molecule has 0 aromatic rings. The Morgan fingerprint density at radius 2 is 1.32 bits per heavy atom. The predicted molar refractivity (Wildman–Crippen MR) is 99.0 cm³/mol. The van der Waals surface area contributed by atoms with Crippen molar-refractivity contribution in [2.75, 3.05) is 0 Å². The Labute approximate surface area is 163 Å². The van der Waals surface area contributed by atoms with Crippen molar-refractivity contribution in [2.24, 2.45) is 17.6 Å². The molecule has 0 aliphatic carbocycles. The molecule has 0 saturated carbocycles. The molecule has 0 radical (unpaired) electrons. The number of rotatable bonds is 11. The van der Waals surface area contributed by atoms with Crippen LogP contribution >= 0.6 is 0 Å². The first-order valence-electron chi connectivity index (χ1n) is 8.89. The fourth-order valence-corrected chi connectivity index (χ4v) is 2.11.